The van der Waals surface area contributed by atoms with Crippen LogP contribution in [0.4, 0.5) is 4.39 Å². The van der Waals surface area contributed by atoms with E-state index >= 15 is 0 Å². The lowest BCUT2D eigenvalue weighted by molar-refractivity contribution is -0.127. The van der Waals surface area contributed by atoms with Crippen LogP contribution >= 0.6 is 11.3 Å². The molecule has 1 aliphatic rings. The van der Waals surface area contributed by atoms with Crippen LogP contribution in [-0.4, -0.2) is 22.8 Å². The SMILES string of the molecule is O=C(NC1CCCC1)[C@H](c1ccccc1F)N(Cc1cccs1)C(=O)c1ccco1. The Bertz CT molecular complexity index is 982. The van der Waals surface area contributed by atoms with Gasteiger partial charge in [0.1, 0.15) is 11.9 Å². The highest BCUT2D eigenvalue weighted by Crippen LogP contribution is 2.30. The summed E-state index contributed by atoms with van der Waals surface area (Å²) in [5.74, 6) is -1.24. The molecule has 30 heavy (non-hydrogen) atoms. The topological polar surface area (TPSA) is 62.6 Å². The maximum absolute atomic E-state index is 14.8. The van der Waals surface area contributed by atoms with Crippen molar-refractivity contribution in [3.05, 3.63) is 82.2 Å². The van der Waals surface area contributed by atoms with Crippen molar-refractivity contribution < 1.29 is 18.4 Å². The number of furan rings is 1. The number of nitrogens with one attached hydrogen (secondary N) is 1. The van der Waals surface area contributed by atoms with Crippen LogP contribution in [0, 0.1) is 5.82 Å². The van der Waals surface area contributed by atoms with Crippen molar-refractivity contribution in [2.75, 3.05) is 0 Å². The van der Waals surface area contributed by atoms with E-state index in [0.29, 0.717) is 0 Å². The van der Waals surface area contributed by atoms with E-state index in [0.717, 1.165) is 30.6 Å². The Labute approximate surface area is 178 Å². The number of amides is 2. The van der Waals surface area contributed by atoms with Crippen LogP contribution in [-0.2, 0) is 11.3 Å². The van der Waals surface area contributed by atoms with Gasteiger partial charge in [-0.25, -0.2) is 4.39 Å². The van der Waals surface area contributed by atoms with Gasteiger partial charge in [0.15, 0.2) is 5.76 Å². The Morgan fingerprint density at radius 2 is 1.93 bits per heavy atom. The van der Waals surface area contributed by atoms with E-state index in [4.69, 9.17) is 4.42 Å². The van der Waals surface area contributed by atoms with Gasteiger partial charge in [0.25, 0.3) is 5.91 Å². The normalized spacial score (nSPS) is 15.1. The summed E-state index contributed by atoms with van der Waals surface area (Å²) in [5, 5.41) is 4.94. The van der Waals surface area contributed by atoms with Gasteiger partial charge in [0.2, 0.25) is 5.91 Å². The Kier molecular flexibility index (Phi) is 6.28. The van der Waals surface area contributed by atoms with Crippen molar-refractivity contribution in [2.45, 2.75) is 44.3 Å². The molecule has 1 N–H and O–H groups in total. The first-order valence-corrected chi connectivity index (χ1v) is 10.9. The van der Waals surface area contributed by atoms with Crippen LogP contribution in [0.25, 0.3) is 0 Å². The van der Waals surface area contributed by atoms with Gasteiger partial charge in [-0.2, -0.15) is 0 Å². The van der Waals surface area contributed by atoms with Crippen LogP contribution in [0.3, 0.4) is 0 Å². The van der Waals surface area contributed by atoms with Gasteiger partial charge >= 0.3 is 0 Å². The Morgan fingerprint density at radius 3 is 2.60 bits per heavy atom. The number of thiophene rings is 1. The van der Waals surface area contributed by atoms with Gasteiger partial charge in [-0.3, -0.25) is 9.59 Å². The van der Waals surface area contributed by atoms with E-state index in [1.807, 2.05) is 17.5 Å². The molecule has 0 spiro atoms. The molecule has 1 saturated carbocycles. The molecule has 2 amide bonds. The summed E-state index contributed by atoms with van der Waals surface area (Å²) in [6, 6.07) is 12.0. The first kappa shape index (κ1) is 20.3. The second-order valence-corrected chi connectivity index (χ2v) is 8.44. The first-order valence-electron chi connectivity index (χ1n) is 10.0. The molecule has 1 atom stereocenters. The zero-order chi connectivity index (χ0) is 20.9. The van der Waals surface area contributed by atoms with Crippen LogP contribution in [0.2, 0.25) is 0 Å². The van der Waals surface area contributed by atoms with E-state index in [1.165, 1.54) is 28.6 Å². The summed E-state index contributed by atoms with van der Waals surface area (Å²) in [5.41, 5.74) is 0.171. The van der Waals surface area contributed by atoms with Crippen molar-refractivity contribution in [2.24, 2.45) is 0 Å². The number of hydrogen-bond acceptors (Lipinski definition) is 4. The number of halogens is 1. The summed E-state index contributed by atoms with van der Waals surface area (Å²) in [6.07, 6.45) is 5.31. The molecular formula is C23H23FN2O3S. The first-order chi connectivity index (χ1) is 14.6. The van der Waals surface area contributed by atoms with Crippen molar-refractivity contribution in [1.29, 1.82) is 0 Å². The molecule has 0 saturated heterocycles. The molecular weight excluding hydrogens is 403 g/mol. The molecule has 0 aliphatic heterocycles. The predicted octanol–water partition coefficient (Wildman–Crippen LogP) is 4.92. The zero-order valence-corrected chi connectivity index (χ0v) is 17.2. The molecule has 5 nitrogen and oxygen atoms in total. The molecule has 7 heteroatoms. The van der Waals surface area contributed by atoms with Crippen LogP contribution in [0.15, 0.2) is 64.6 Å². The third-order valence-electron chi connectivity index (χ3n) is 5.36. The number of benzene rings is 1. The smallest absolute Gasteiger partial charge is 0.290 e. The minimum absolute atomic E-state index is 0.0501. The molecule has 2 heterocycles. The maximum Gasteiger partial charge on any atom is 0.290 e. The van der Waals surface area contributed by atoms with Crippen LogP contribution in [0.5, 0.6) is 0 Å². The van der Waals surface area contributed by atoms with Crippen LogP contribution in [0.1, 0.15) is 52.7 Å². The lowest BCUT2D eigenvalue weighted by Crippen LogP contribution is -2.46. The van der Waals surface area contributed by atoms with E-state index in [-0.39, 0.29) is 29.8 Å². The van der Waals surface area contributed by atoms with Crippen LogP contribution < -0.4 is 5.32 Å². The summed E-state index contributed by atoms with van der Waals surface area (Å²) < 4.78 is 20.1. The van der Waals surface area contributed by atoms with Crippen molar-refractivity contribution in [1.82, 2.24) is 10.2 Å². The van der Waals surface area contributed by atoms with Gasteiger partial charge in [0, 0.05) is 16.5 Å². The average molecular weight is 427 g/mol. The molecule has 0 unspecified atom stereocenters. The number of nitrogens with zero attached hydrogens (tertiary/aromatic N) is 1. The second-order valence-electron chi connectivity index (χ2n) is 7.40. The summed E-state index contributed by atoms with van der Waals surface area (Å²) in [6.45, 7) is 0.175. The molecule has 0 bridgehead atoms. The third kappa shape index (κ3) is 4.46. The van der Waals surface area contributed by atoms with Gasteiger partial charge < -0.3 is 14.6 Å². The lowest BCUT2D eigenvalue weighted by atomic mass is 10.0. The predicted molar refractivity (Wildman–Crippen MR) is 112 cm³/mol. The fourth-order valence-corrected chi connectivity index (χ4v) is 4.59. The number of rotatable bonds is 7. The highest BCUT2D eigenvalue weighted by Gasteiger charge is 2.36. The fraction of sp³-hybridized carbons (Fsp3) is 0.304. The van der Waals surface area contributed by atoms with E-state index in [2.05, 4.69) is 5.32 Å². The third-order valence-corrected chi connectivity index (χ3v) is 6.22. The summed E-state index contributed by atoms with van der Waals surface area (Å²) >= 11 is 1.48. The molecule has 3 aromatic rings. The molecule has 4 rings (SSSR count). The van der Waals surface area contributed by atoms with Gasteiger partial charge in [-0.15, -0.1) is 11.3 Å². The summed E-state index contributed by atoms with van der Waals surface area (Å²) in [7, 11) is 0. The zero-order valence-electron chi connectivity index (χ0n) is 16.4. The molecule has 1 aromatic carbocycles. The lowest BCUT2D eigenvalue weighted by Gasteiger charge is -2.31. The van der Waals surface area contributed by atoms with Crippen molar-refractivity contribution in [3.63, 3.8) is 0 Å². The fourth-order valence-electron chi connectivity index (χ4n) is 3.89. The van der Waals surface area contributed by atoms with Gasteiger partial charge in [-0.05, 0) is 42.5 Å². The molecule has 2 aromatic heterocycles. The Balaban J connectivity index is 1.74. The van der Waals surface area contributed by atoms with E-state index in [1.54, 1.807) is 30.3 Å². The van der Waals surface area contributed by atoms with E-state index in [9.17, 15) is 14.0 Å². The molecule has 0 radical (unpaired) electrons. The van der Waals surface area contributed by atoms with E-state index < -0.39 is 17.8 Å². The minimum Gasteiger partial charge on any atom is -0.459 e. The second kappa shape index (κ2) is 9.26. The van der Waals surface area contributed by atoms with Gasteiger partial charge in [0.05, 0.1) is 12.8 Å². The molecule has 1 fully saturated rings. The standard InChI is InChI=1S/C23H23FN2O3S/c24-19-11-4-3-10-18(19)21(22(27)25-16-7-1-2-8-16)26(15-17-9-6-14-30-17)23(28)20-12-5-13-29-20/h3-6,9-14,16,21H,1-2,7-8,15H2,(H,25,27)/t21-/m0/s1. The number of hydrogen-bond donors (Lipinski definition) is 1. The Hall–Kier alpha value is -2.93. The summed E-state index contributed by atoms with van der Waals surface area (Å²) in [4.78, 5) is 29.0. The number of carbonyl (C=O) groups excluding carboxylic acids is 2. The molecule has 156 valence electrons. The minimum atomic E-state index is -1.11. The quantitative estimate of drug-likeness (QED) is 0.583. The monoisotopic (exact) mass is 426 g/mol. The highest BCUT2D eigenvalue weighted by molar-refractivity contribution is 7.09. The molecule has 1 aliphatic carbocycles. The largest absolute Gasteiger partial charge is 0.459 e. The maximum atomic E-state index is 14.8. The van der Waals surface area contributed by atoms with Gasteiger partial charge in [-0.1, -0.05) is 37.1 Å². The Morgan fingerprint density at radius 1 is 1.13 bits per heavy atom. The van der Waals surface area contributed by atoms with Crippen molar-refractivity contribution >= 4 is 23.2 Å². The number of carbonyl (C=O) groups is 2. The van der Waals surface area contributed by atoms with Crippen molar-refractivity contribution in [3.8, 4) is 0 Å². The highest BCUT2D eigenvalue weighted by atomic mass is 32.1. The average Bonchev–Trinajstić information content (AvgIpc) is 3.52.